The Hall–Kier alpha value is -0.610. The van der Waals surface area contributed by atoms with Crippen molar-refractivity contribution in [2.24, 2.45) is 5.92 Å². The van der Waals surface area contributed by atoms with Crippen LogP contribution in [0.3, 0.4) is 0 Å². The molecule has 3 atom stereocenters. The molecule has 0 amide bonds. The third-order valence-corrected chi connectivity index (χ3v) is 2.52. The first kappa shape index (κ1) is 10.5. The molecule has 0 aliphatic carbocycles. The zero-order valence-electron chi connectivity index (χ0n) is 8.12. The average molecular weight is 187 g/mol. The van der Waals surface area contributed by atoms with Crippen molar-refractivity contribution >= 4 is 5.97 Å². The monoisotopic (exact) mass is 187 g/mol. The summed E-state index contributed by atoms with van der Waals surface area (Å²) in [6.45, 7) is 2.98. The number of piperidine rings is 1. The maximum Gasteiger partial charge on any atom is 0.336 e. The van der Waals surface area contributed by atoms with Gasteiger partial charge in [-0.05, 0) is 25.3 Å². The van der Waals surface area contributed by atoms with Gasteiger partial charge in [0.05, 0.1) is 7.11 Å². The molecule has 1 aliphatic heterocycles. The van der Waals surface area contributed by atoms with E-state index in [0.717, 1.165) is 19.4 Å². The molecule has 76 valence electrons. The van der Waals surface area contributed by atoms with Crippen LogP contribution in [0.2, 0.25) is 0 Å². The molecule has 0 radical (unpaired) electrons. The van der Waals surface area contributed by atoms with E-state index in [1.807, 2.05) is 0 Å². The summed E-state index contributed by atoms with van der Waals surface area (Å²) in [5, 5.41) is 12.6. The van der Waals surface area contributed by atoms with E-state index in [1.54, 1.807) is 0 Å². The van der Waals surface area contributed by atoms with Crippen molar-refractivity contribution in [2.75, 3.05) is 13.7 Å². The Kier molecular flexibility index (Phi) is 3.69. The van der Waals surface area contributed by atoms with Crippen LogP contribution >= 0.6 is 0 Å². The van der Waals surface area contributed by atoms with E-state index in [1.165, 1.54) is 7.11 Å². The normalized spacial score (nSPS) is 31.0. The molecule has 4 heteroatoms. The topological polar surface area (TPSA) is 58.6 Å². The second-order valence-electron chi connectivity index (χ2n) is 3.66. The molecule has 1 heterocycles. The zero-order valence-corrected chi connectivity index (χ0v) is 8.12. The second-order valence-corrected chi connectivity index (χ2v) is 3.66. The number of ether oxygens (including phenoxy) is 1. The van der Waals surface area contributed by atoms with E-state index in [2.05, 4.69) is 17.0 Å². The summed E-state index contributed by atoms with van der Waals surface area (Å²) in [5.41, 5.74) is 0. The number of esters is 1. The van der Waals surface area contributed by atoms with Crippen LogP contribution in [-0.2, 0) is 9.53 Å². The lowest BCUT2D eigenvalue weighted by Crippen LogP contribution is -2.49. The first-order valence-electron chi connectivity index (χ1n) is 4.64. The van der Waals surface area contributed by atoms with Crippen LogP contribution in [0.5, 0.6) is 0 Å². The number of carbonyl (C=O) groups is 1. The highest BCUT2D eigenvalue weighted by molar-refractivity contribution is 5.75. The maximum absolute atomic E-state index is 11.0. The SMILES string of the molecule is COC(=O)C(O)C1CC(C)CCN1. The van der Waals surface area contributed by atoms with Crippen molar-refractivity contribution in [1.29, 1.82) is 0 Å². The molecule has 0 aromatic carbocycles. The molecule has 1 saturated heterocycles. The van der Waals surface area contributed by atoms with Crippen LogP contribution in [0.15, 0.2) is 0 Å². The molecule has 1 aliphatic rings. The lowest BCUT2D eigenvalue weighted by Gasteiger charge is -2.30. The number of rotatable bonds is 2. The van der Waals surface area contributed by atoms with Crippen molar-refractivity contribution in [2.45, 2.75) is 31.9 Å². The summed E-state index contributed by atoms with van der Waals surface area (Å²) in [5.74, 6) is 0.0113. The molecule has 0 aromatic heterocycles. The largest absolute Gasteiger partial charge is 0.467 e. The number of hydrogen-bond donors (Lipinski definition) is 2. The first-order valence-corrected chi connectivity index (χ1v) is 4.64. The molecular formula is C9H17NO3. The van der Waals surface area contributed by atoms with Crippen molar-refractivity contribution in [3.05, 3.63) is 0 Å². The lowest BCUT2D eigenvalue weighted by atomic mass is 9.91. The Morgan fingerprint density at radius 2 is 2.38 bits per heavy atom. The minimum absolute atomic E-state index is 0.142. The maximum atomic E-state index is 11.0. The highest BCUT2D eigenvalue weighted by Crippen LogP contribution is 2.17. The van der Waals surface area contributed by atoms with E-state index in [9.17, 15) is 9.90 Å². The van der Waals surface area contributed by atoms with Crippen LogP contribution in [-0.4, -0.2) is 36.9 Å². The minimum atomic E-state index is -1.02. The fraction of sp³-hybridized carbons (Fsp3) is 0.889. The number of hydrogen-bond acceptors (Lipinski definition) is 4. The summed E-state index contributed by atoms with van der Waals surface area (Å²) in [7, 11) is 1.29. The van der Waals surface area contributed by atoms with Gasteiger partial charge < -0.3 is 15.2 Å². The van der Waals surface area contributed by atoms with E-state index < -0.39 is 12.1 Å². The van der Waals surface area contributed by atoms with E-state index >= 15 is 0 Å². The fourth-order valence-electron chi connectivity index (χ4n) is 1.68. The van der Waals surface area contributed by atoms with Crippen molar-refractivity contribution in [3.63, 3.8) is 0 Å². The van der Waals surface area contributed by atoms with Gasteiger partial charge in [-0.15, -0.1) is 0 Å². The van der Waals surface area contributed by atoms with E-state index in [4.69, 9.17) is 0 Å². The molecule has 0 bridgehead atoms. The first-order chi connectivity index (χ1) is 6.15. The molecule has 1 rings (SSSR count). The van der Waals surface area contributed by atoms with Gasteiger partial charge in [0.2, 0.25) is 0 Å². The molecule has 0 saturated carbocycles. The van der Waals surface area contributed by atoms with Crippen molar-refractivity contribution in [1.82, 2.24) is 5.32 Å². The highest BCUT2D eigenvalue weighted by Gasteiger charge is 2.30. The molecule has 1 fully saturated rings. The average Bonchev–Trinajstić information content (AvgIpc) is 2.15. The molecule has 2 N–H and O–H groups in total. The Morgan fingerprint density at radius 1 is 1.69 bits per heavy atom. The van der Waals surface area contributed by atoms with Crippen LogP contribution in [0.1, 0.15) is 19.8 Å². The molecule has 13 heavy (non-hydrogen) atoms. The zero-order chi connectivity index (χ0) is 9.84. The molecular weight excluding hydrogens is 170 g/mol. The predicted molar refractivity (Wildman–Crippen MR) is 48.2 cm³/mol. The van der Waals surface area contributed by atoms with Crippen LogP contribution in [0.25, 0.3) is 0 Å². The summed E-state index contributed by atoms with van der Waals surface area (Å²) in [6.07, 6.45) is 0.911. The minimum Gasteiger partial charge on any atom is -0.467 e. The number of nitrogens with one attached hydrogen (secondary N) is 1. The smallest absolute Gasteiger partial charge is 0.336 e. The van der Waals surface area contributed by atoms with Crippen LogP contribution in [0.4, 0.5) is 0 Å². The number of carbonyl (C=O) groups excluding carboxylic acids is 1. The summed E-state index contributed by atoms with van der Waals surface area (Å²) in [6, 6.07) is -0.142. The van der Waals surface area contributed by atoms with Gasteiger partial charge in [0.25, 0.3) is 0 Å². The summed E-state index contributed by atoms with van der Waals surface area (Å²) in [4.78, 5) is 11.0. The molecule has 4 nitrogen and oxygen atoms in total. The van der Waals surface area contributed by atoms with Crippen molar-refractivity contribution in [3.8, 4) is 0 Å². The van der Waals surface area contributed by atoms with Crippen LogP contribution < -0.4 is 5.32 Å². The van der Waals surface area contributed by atoms with Crippen LogP contribution in [0, 0.1) is 5.92 Å². The summed E-state index contributed by atoms with van der Waals surface area (Å²) >= 11 is 0. The number of aliphatic hydroxyl groups excluding tert-OH is 1. The third-order valence-electron chi connectivity index (χ3n) is 2.52. The Labute approximate surface area is 78.3 Å². The van der Waals surface area contributed by atoms with E-state index in [0.29, 0.717) is 5.92 Å². The van der Waals surface area contributed by atoms with Gasteiger partial charge in [-0.2, -0.15) is 0 Å². The van der Waals surface area contributed by atoms with Gasteiger partial charge >= 0.3 is 5.97 Å². The van der Waals surface area contributed by atoms with Gasteiger partial charge in [-0.3, -0.25) is 0 Å². The number of methoxy groups -OCH3 is 1. The fourth-order valence-corrected chi connectivity index (χ4v) is 1.68. The number of aliphatic hydroxyl groups is 1. The van der Waals surface area contributed by atoms with Crippen molar-refractivity contribution < 1.29 is 14.6 Å². The highest BCUT2D eigenvalue weighted by atomic mass is 16.5. The Morgan fingerprint density at radius 3 is 2.92 bits per heavy atom. The lowest BCUT2D eigenvalue weighted by molar-refractivity contribution is -0.152. The van der Waals surface area contributed by atoms with Gasteiger partial charge in [-0.25, -0.2) is 4.79 Å². The van der Waals surface area contributed by atoms with Gasteiger partial charge in [0.15, 0.2) is 6.10 Å². The Bertz CT molecular complexity index is 184. The molecule has 0 aromatic rings. The second kappa shape index (κ2) is 4.58. The van der Waals surface area contributed by atoms with E-state index in [-0.39, 0.29) is 6.04 Å². The third kappa shape index (κ3) is 2.67. The van der Waals surface area contributed by atoms with Gasteiger partial charge in [0, 0.05) is 6.04 Å². The molecule has 3 unspecified atom stereocenters. The Balaban J connectivity index is 2.45. The quantitative estimate of drug-likeness (QED) is 0.593. The summed E-state index contributed by atoms with van der Waals surface area (Å²) < 4.78 is 4.47. The van der Waals surface area contributed by atoms with Gasteiger partial charge in [0.1, 0.15) is 0 Å². The molecule has 0 spiro atoms. The standard InChI is InChI=1S/C9H17NO3/c1-6-3-4-10-7(5-6)8(11)9(12)13-2/h6-8,10-11H,3-5H2,1-2H3. The van der Waals surface area contributed by atoms with Gasteiger partial charge in [-0.1, -0.05) is 6.92 Å². The predicted octanol–water partition coefficient (Wildman–Crippen LogP) is -0.0916.